The van der Waals surface area contributed by atoms with Crippen molar-refractivity contribution in [1.82, 2.24) is 15.1 Å². The molecule has 0 spiro atoms. The number of aryl methyl sites for hydroxylation is 1. The van der Waals surface area contributed by atoms with E-state index in [2.05, 4.69) is 10.4 Å². The number of aromatic nitrogens is 2. The van der Waals surface area contributed by atoms with Gasteiger partial charge in [-0.05, 0) is 25.8 Å². The number of hydrogen-bond donors (Lipinski definition) is 1. The zero-order chi connectivity index (χ0) is 13.0. The highest BCUT2D eigenvalue weighted by Crippen LogP contribution is 2.31. The Bertz CT molecular complexity index is 350. The summed E-state index contributed by atoms with van der Waals surface area (Å²) in [5.41, 5.74) is 1.12. The Balaban J connectivity index is 1.93. The van der Waals surface area contributed by atoms with Crippen LogP contribution in [0, 0.1) is 5.92 Å². The van der Waals surface area contributed by atoms with Crippen LogP contribution in [0.4, 0.5) is 0 Å². The molecule has 0 aliphatic heterocycles. The van der Waals surface area contributed by atoms with Crippen LogP contribution in [0.25, 0.3) is 0 Å². The van der Waals surface area contributed by atoms with Gasteiger partial charge in [-0.25, -0.2) is 0 Å². The summed E-state index contributed by atoms with van der Waals surface area (Å²) in [6.07, 6.45) is 11.3. The summed E-state index contributed by atoms with van der Waals surface area (Å²) in [5, 5.41) is 8.38. The molecule has 18 heavy (non-hydrogen) atoms. The topological polar surface area (TPSA) is 29.9 Å². The van der Waals surface area contributed by atoms with Crippen molar-refractivity contribution in [3.63, 3.8) is 0 Å². The molecule has 1 aromatic rings. The van der Waals surface area contributed by atoms with Gasteiger partial charge in [0.05, 0.1) is 23.0 Å². The molecule has 4 heteroatoms. The summed E-state index contributed by atoms with van der Waals surface area (Å²) >= 11 is 6.22. The third-order valence-electron chi connectivity index (χ3n) is 4.20. The van der Waals surface area contributed by atoms with Gasteiger partial charge in [-0.1, -0.05) is 43.7 Å². The third kappa shape index (κ3) is 3.27. The minimum absolute atomic E-state index is 0.326. The summed E-state index contributed by atoms with van der Waals surface area (Å²) < 4.78 is 1.89. The maximum atomic E-state index is 6.22. The quantitative estimate of drug-likeness (QED) is 0.883. The first-order valence-corrected chi connectivity index (χ1v) is 7.44. The van der Waals surface area contributed by atoms with Crippen LogP contribution in [0.3, 0.4) is 0 Å². The molecule has 1 atom stereocenters. The molecule has 0 radical (unpaired) electrons. The third-order valence-corrected chi connectivity index (χ3v) is 4.50. The lowest BCUT2D eigenvalue weighted by atomic mass is 9.85. The molecule has 1 fully saturated rings. The Morgan fingerprint density at radius 1 is 1.44 bits per heavy atom. The molecule has 1 aromatic heterocycles. The second kappa shape index (κ2) is 6.58. The van der Waals surface area contributed by atoms with Gasteiger partial charge in [0.1, 0.15) is 0 Å². The standard InChI is InChI=1S/C14H24ClN3/c1-16-13(14-12(15)10-17-18(14)2)9-8-11-6-4-3-5-7-11/h10-11,13,16H,3-9H2,1-2H3. The van der Waals surface area contributed by atoms with E-state index in [1.165, 1.54) is 38.5 Å². The first-order chi connectivity index (χ1) is 8.72. The van der Waals surface area contributed by atoms with E-state index in [9.17, 15) is 0 Å². The highest BCUT2D eigenvalue weighted by molar-refractivity contribution is 6.31. The summed E-state index contributed by atoms with van der Waals surface area (Å²) in [6.45, 7) is 0. The van der Waals surface area contributed by atoms with E-state index in [4.69, 9.17) is 11.6 Å². The van der Waals surface area contributed by atoms with Crippen LogP contribution >= 0.6 is 11.6 Å². The Labute approximate surface area is 115 Å². The average Bonchev–Trinajstić information content (AvgIpc) is 2.73. The second-order valence-corrected chi connectivity index (χ2v) is 5.83. The normalized spacial score (nSPS) is 19.1. The molecule has 1 heterocycles. The van der Waals surface area contributed by atoms with Crippen LogP contribution in [0.2, 0.25) is 5.02 Å². The first-order valence-electron chi connectivity index (χ1n) is 7.07. The van der Waals surface area contributed by atoms with Crippen molar-refractivity contribution in [2.75, 3.05) is 7.05 Å². The number of nitrogens with zero attached hydrogens (tertiary/aromatic N) is 2. The largest absolute Gasteiger partial charge is 0.312 e. The average molecular weight is 270 g/mol. The molecule has 0 saturated heterocycles. The van der Waals surface area contributed by atoms with Gasteiger partial charge in [-0.3, -0.25) is 4.68 Å². The fraction of sp³-hybridized carbons (Fsp3) is 0.786. The maximum absolute atomic E-state index is 6.22. The molecule has 3 nitrogen and oxygen atoms in total. The smallest absolute Gasteiger partial charge is 0.0833 e. The van der Waals surface area contributed by atoms with Crippen molar-refractivity contribution < 1.29 is 0 Å². The van der Waals surface area contributed by atoms with Gasteiger partial charge >= 0.3 is 0 Å². The van der Waals surface area contributed by atoms with Crippen molar-refractivity contribution in [1.29, 1.82) is 0 Å². The molecule has 0 amide bonds. The maximum Gasteiger partial charge on any atom is 0.0833 e. The van der Waals surface area contributed by atoms with E-state index >= 15 is 0 Å². The molecular formula is C14H24ClN3. The van der Waals surface area contributed by atoms with Gasteiger partial charge in [0.15, 0.2) is 0 Å². The van der Waals surface area contributed by atoms with Crippen LogP contribution < -0.4 is 5.32 Å². The van der Waals surface area contributed by atoms with E-state index in [0.29, 0.717) is 6.04 Å². The van der Waals surface area contributed by atoms with Crippen molar-refractivity contribution in [2.24, 2.45) is 13.0 Å². The minimum atomic E-state index is 0.326. The van der Waals surface area contributed by atoms with Crippen LogP contribution in [0.5, 0.6) is 0 Å². The van der Waals surface area contributed by atoms with E-state index in [0.717, 1.165) is 23.1 Å². The Hall–Kier alpha value is -0.540. The first kappa shape index (κ1) is 13.9. The highest BCUT2D eigenvalue weighted by atomic mass is 35.5. The highest BCUT2D eigenvalue weighted by Gasteiger charge is 2.20. The predicted octanol–water partition coefficient (Wildman–Crippen LogP) is 3.69. The number of halogens is 1. The SMILES string of the molecule is CNC(CCC1CCCCC1)c1c(Cl)cnn1C. The van der Waals surface area contributed by atoms with Crippen LogP contribution in [0.1, 0.15) is 56.7 Å². The molecule has 1 unspecified atom stereocenters. The zero-order valence-electron chi connectivity index (χ0n) is 11.5. The molecule has 1 N–H and O–H groups in total. The number of hydrogen-bond acceptors (Lipinski definition) is 2. The zero-order valence-corrected chi connectivity index (χ0v) is 12.2. The molecular weight excluding hydrogens is 246 g/mol. The minimum Gasteiger partial charge on any atom is -0.312 e. The van der Waals surface area contributed by atoms with Gasteiger partial charge in [0, 0.05) is 7.05 Å². The molecule has 1 aliphatic rings. The van der Waals surface area contributed by atoms with Gasteiger partial charge < -0.3 is 5.32 Å². The lowest BCUT2D eigenvalue weighted by Gasteiger charge is -2.24. The number of rotatable bonds is 5. The fourth-order valence-corrected chi connectivity index (χ4v) is 3.41. The molecule has 0 bridgehead atoms. The van der Waals surface area contributed by atoms with Gasteiger partial charge in [-0.15, -0.1) is 0 Å². The summed E-state index contributed by atoms with van der Waals surface area (Å²) in [6, 6.07) is 0.326. The monoisotopic (exact) mass is 269 g/mol. The Morgan fingerprint density at radius 3 is 2.72 bits per heavy atom. The van der Waals surface area contributed by atoms with Gasteiger partial charge in [-0.2, -0.15) is 5.10 Å². The Morgan fingerprint density at radius 2 is 2.17 bits per heavy atom. The predicted molar refractivity (Wildman–Crippen MR) is 75.8 cm³/mol. The van der Waals surface area contributed by atoms with Gasteiger partial charge in [0.2, 0.25) is 0 Å². The fourth-order valence-electron chi connectivity index (χ4n) is 3.11. The summed E-state index contributed by atoms with van der Waals surface area (Å²) in [4.78, 5) is 0. The number of nitrogens with one attached hydrogen (secondary N) is 1. The van der Waals surface area contributed by atoms with Crippen LogP contribution in [-0.2, 0) is 7.05 Å². The summed E-state index contributed by atoms with van der Waals surface area (Å²) in [7, 11) is 3.97. The lowest BCUT2D eigenvalue weighted by Crippen LogP contribution is -2.21. The van der Waals surface area contributed by atoms with E-state index in [1.54, 1.807) is 6.20 Å². The molecule has 2 rings (SSSR count). The van der Waals surface area contributed by atoms with E-state index in [1.807, 2.05) is 18.8 Å². The van der Waals surface area contributed by atoms with Crippen molar-refractivity contribution in [3.8, 4) is 0 Å². The lowest BCUT2D eigenvalue weighted by molar-refractivity contribution is 0.314. The molecule has 1 saturated carbocycles. The summed E-state index contributed by atoms with van der Waals surface area (Å²) in [5.74, 6) is 0.918. The van der Waals surface area contributed by atoms with Crippen molar-refractivity contribution in [3.05, 3.63) is 16.9 Å². The Kier molecular flexibility index (Phi) is 5.07. The van der Waals surface area contributed by atoms with Gasteiger partial charge in [0.25, 0.3) is 0 Å². The molecule has 102 valence electrons. The molecule has 1 aliphatic carbocycles. The van der Waals surface area contributed by atoms with Crippen LogP contribution in [-0.4, -0.2) is 16.8 Å². The van der Waals surface area contributed by atoms with E-state index < -0.39 is 0 Å². The second-order valence-electron chi connectivity index (χ2n) is 5.42. The van der Waals surface area contributed by atoms with E-state index in [-0.39, 0.29) is 0 Å². The van der Waals surface area contributed by atoms with Crippen molar-refractivity contribution in [2.45, 2.75) is 51.0 Å². The van der Waals surface area contributed by atoms with Crippen LogP contribution in [0.15, 0.2) is 6.20 Å². The molecule has 0 aromatic carbocycles. The van der Waals surface area contributed by atoms with Crippen molar-refractivity contribution >= 4 is 11.6 Å².